The van der Waals surface area contributed by atoms with Gasteiger partial charge in [-0.15, -0.1) is 4.43 Å². The molecule has 1 heteroatoms. The maximum Gasteiger partial charge on any atom is 0.177 e. The maximum atomic E-state index is 2.85. The van der Waals surface area contributed by atoms with Crippen molar-refractivity contribution in [3.05, 3.63) is 42.0 Å². The third-order valence-electron chi connectivity index (χ3n) is 2.44. The van der Waals surface area contributed by atoms with E-state index in [-0.39, 0.29) is 0 Å². The molecule has 0 aliphatic heterocycles. The van der Waals surface area contributed by atoms with Gasteiger partial charge >= 0.3 is 0 Å². The number of rotatable bonds is 1. The third-order valence-corrected chi connectivity index (χ3v) is 3.12. The molecule has 2 rings (SSSR count). The molecule has 0 N–H and O–H groups in total. The normalized spacial score (nSPS) is 10.5. The van der Waals surface area contributed by atoms with Gasteiger partial charge in [0.1, 0.15) is 0 Å². The molecule has 2 radical (unpaired) electrons. The number of aryl methyl sites for hydroxylation is 1. The highest BCUT2D eigenvalue weighted by atomic mass is 27.0. The first-order valence-electron chi connectivity index (χ1n) is 4.59. The molecule has 0 amide bonds. The van der Waals surface area contributed by atoms with Crippen LogP contribution in [0.3, 0.4) is 0 Å². The van der Waals surface area contributed by atoms with Crippen molar-refractivity contribution >= 4 is 31.5 Å². The lowest BCUT2D eigenvalue weighted by Gasteiger charge is -2.08. The summed E-state index contributed by atoms with van der Waals surface area (Å²) in [4.78, 5) is 0. The van der Waals surface area contributed by atoms with Gasteiger partial charge in [-0.25, -0.2) is 0 Å². The monoisotopic (exact) mass is 182 g/mol. The SMILES string of the molecule is CCc1ccc2ccccc2[c]1[Al]. The van der Waals surface area contributed by atoms with E-state index in [1.807, 2.05) is 0 Å². The minimum atomic E-state index is 1.10. The van der Waals surface area contributed by atoms with Crippen LogP contribution in [0.1, 0.15) is 12.5 Å². The van der Waals surface area contributed by atoms with Crippen LogP contribution < -0.4 is 4.43 Å². The second-order valence-electron chi connectivity index (χ2n) is 3.21. The van der Waals surface area contributed by atoms with Gasteiger partial charge in [-0.1, -0.05) is 48.9 Å². The largest absolute Gasteiger partial charge is 0.177 e. The predicted molar refractivity (Wildman–Crippen MR) is 58.7 cm³/mol. The molecule has 0 aromatic heterocycles. The van der Waals surface area contributed by atoms with E-state index in [1.165, 1.54) is 20.8 Å². The Labute approximate surface area is 87.0 Å². The summed E-state index contributed by atoms with van der Waals surface area (Å²) in [5, 5.41) is 2.68. The van der Waals surface area contributed by atoms with Crippen LogP contribution in [-0.2, 0) is 6.42 Å². The molecular weight excluding hydrogens is 171 g/mol. The Bertz CT molecular complexity index is 432. The van der Waals surface area contributed by atoms with E-state index < -0.39 is 0 Å². The molecular formula is C12H11Al. The smallest absolute Gasteiger partial charge is 0.128 e. The van der Waals surface area contributed by atoms with E-state index in [4.69, 9.17) is 0 Å². The Morgan fingerprint density at radius 3 is 2.62 bits per heavy atom. The molecule has 13 heavy (non-hydrogen) atoms. The summed E-state index contributed by atoms with van der Waals surface area (Å²) in [5.41, 5.74) is 1.42. The summed E-state index contributed by atoms with van der Waals surface area (Å²) in [6.45, 7) is 2.19. The van der Waals surface area contributed by atoms with E-state index in [0.717, 1.165) is 6.42 Å². The fourth-order valence-corrected chi connectivity index (χ4v) is 2.21. The lowest BCUT2D eigenvalue weighted by atomic mass is 10.1. The van der Waals surface area contributed by atoms with Gasteiger partial charge < -0.3 is 0 Å². The van der Waals surface area contributed by atoms with Crippen LogP contribution >= 0.6 is 0 Å². The standard InChI is InChI=1S/C12H11.Al/c1-2-10-7-8-11-5-3-4-6-12(11)9-10;/h3-8H,2H2,1H3;. The van der Waals surface area contributed by atoms with Crippen molar-refractivity contribution in [1.29, 1.82) is 0 Å². The van der Waals surface area contributed by atoms with Crippen molar-refractivity contribution < 1.29 is 0 Å². The molecule has 0 bridgehead atoms. The van der Waals surface area contributed by atoms with Crippen molar-refractivity contribution in [2.75, 3.05) is 0 Å². The van der Waals surface area contributed by atoms with Crippen LogP contribution in [0.5, 0.6) is 0 Å². The van der Waals surface area contributed by atoms with Crippen molar-refractivity contribution in [3.63, 3.8) is 0 Å². The van der Waals surface area contributed by atoms with Crippen LogP contribution in [-0.4, -0.2) is 16.3 Å². The zero-order valence-corrected chi connectivity index (χ0v) is 8.90. The minimum Gasteiger partial charge on any atom is -0.128 e. The van der Waals surface area contributed by atoms with Gasteiger partial charge in [0, 0.05) is 0 Å². The van der Waals surface area contributed by atoms with Crippen LogP contribution in [0, 0.1) is 0 Å². The first-order valence-corrected chi connectivity index (χ1v) is 5.16. The van der Waals surface area contributed by atoms with Crippen molar-refractivity contribution in [1.82, 2.24) is 0 Å². The van der Waals surface area contributed by atoms with E-state index in [9.17, 15) is 0 Å². The summed E-state index contributed by atoms with van der Waals surface area (Å²) < 4.78 is 1.35. The Balaban J connectivity index is 2.79. The zero-order chi connectivity index (χ0) is 9.26. The number of benzene rings is 2. The second-order valence-corrected chi connectivity index (χ2v) is 3.79. The number of fused-ring (bicyclic) bond motifs is 1. The first-order chi connectivity index (χ1) is 6.33. The summed E-state index contributed by atoms with van der Waals surface area (Å²) in [7, 11) is 0. The lowest BCUT2D eigenvalue weighted by Crippen LogP contribution is -2.10. The van der Waals surface area contributed by atoms with Crippen LogP contribution in [0.25, 0.3) is 10.8 Å². The molecule has 0 unspecified atom stereocenters. The van der Waals surface area contributed by atoms with E-state index in [1.54, 1.807) is 0 Å². The fourth-order valence-electron chi connectivity index (χ4n) is 1.65. The van der Waals surface area contributed by atoms with E-state index >= 15 is 0 Å². The minimum absolute atomic E-state index is 1.10. The highest BCUT2D eigenvalue weighted by molar-refractivity contribution is 6.39. The maximum absolute atomic E-state index is 2.85. The Morgan fingerprint density at radius 1 is 1.08 bits per heavy atom. The van der Waals surface area contributed by atoms with Crippen molar-refractivity contribution in [2.45, 2.75) is 13.3 Å². The highest BCUT2D eigenvalue weighted by Gasteiger charge is 1.98. The Kier molecular flexibility index (Phi) is 2.40. The van der Waals surface area contributed by atoms with Crippen LogP contribution in [0.15, 0.2) is 36.4 Å². The molecule has 0 atom stereocenters. The Hall–Kier alpha value is -0.768. The molecule has 0 saturated carbocycles. The number of hydrogen-bond acceptors (Lipinski definition) is 0. The molecule has 0 aliphatic carbocycles. The topological polar surface area (TPSA) is 0 Å². The van der Waals surface area contributed by atoms with Crippen molar-refractivity contribution in [3.8, 4) is 0 Å². The van der Waals surface area contributed by atoms with Gasteiger partial charge in [0.05, 0.1) is 0 Å². The van der Waals surface area contributed by atoms with Crippen LogP contribution in [0.2, 0.25) is 0 Å². The average molecular weight is 182 g/mol. The molecule has 0 spiro atoms. The zero-order valence-electron chi connectivity index (χ0n) is 7.75. The van der Waals surface area contributed by atoms with Crippen LogP contribution in [0.4, 0.5) is 0 Å². The van der Waals surface area contributed by atoms with Gasteiger partial charge in [-0.2, -0.15) is 0 Å². The van der Waals surface area contributed by atoms with Gasteiger partial charge in [0.2, 0.25) is 0 Å². The lowest BCUT2D eigenvalue weighted by molar-refractivity contribution is 1.16. The summed E-state index contributed by atoms with van der Waals surface area (Å²) >= 11 is 2.85. The molecule has 0 heterocycles. The van der Waals surface area contributed by atoms with Crippen molar-refractivity contribution in [2.24, 2.45) is 0 Å². The molecule has 0 fully saturated rings. The molecule has 0 nitrogen and oxygen atoms in total. The average Bonchev–Trinajstić information content (AvgIpc) is 2.19. The first kappa shape index (κ1) is 8.81. The quantitative estimate of drug-likeness (QED) is 0.593. The third kappa shape index (κ3) is 1.50. The summed E-state index contributed by atoms with van der Waals surface area (Å²) in [5.74, 6) is 0. The molecule has 0 saturated heterocycles. The van der Waals surface area contributed by atoms with Gasteiger partial charge in [0.25, 0.3) is 0 Å². The molecule has 2 aromatic carbocycles. The highest BCUT2D eigenvalue weighted by Crippen LogP contribution is 2.12. The molecule has 2 aromatic rings. The number of hydrogen-bond donors (Lipinski definition) is 0. The van der Waals surface area contributed by atoms with Gasteiger partial charge in [-0.3, -0.25) is 0 Å². The molecule has 0 aliphatic rings. The van der Waals surface area contributed by atoms with E-state index in [0.29, 0.717) is 0 Å². The second kappa shape index (κ2) is 3.54. The predicted octanol–water partition coefficient (Wildman–Crippen LogP) is 2.20. The Morgan fingerprint density at radius 2 is 1.85 bits per heavy atom. The van der Waals surface area contributed by atoms with E-state index in [2.05, 4.69) is 59.6 Å². The summed E-state index contributed by atoms with van der Waals surface area (Å²) in [6, 6.07) is 12.9. The van der Waals surface area contributed by atoms with Gasteiger partial charge in [-0.05, 0) is 17.2 Å². The summed E-state index contributed by atoms with van der Waals surface area (Å²) in [6.07, 6.45) is 1.10. The van der Waals surface area contributed by atoms with Gasteiger partial charge in [0.15, 0.2) is 16.3 Å². The molecule has 62 valence electrons. The fraction of sp³-hybridized carbons (Fsp3) is 0.167.